The van der Waals surface area contributed by atoms with Gasteiger partial charge in [-0.1, -0.05) is 6.07 Å². The predicted octanol–water partition coefficient (Wildman–Crippen LogP) is -6.42. The van der Waals surface area contributed by atoms with Crippen molar-refractivity contribution in [2.75, 3.05) is 70.8 Å². The minimum atomic E-state index is -5.08. The fourth-order valence-corrected chi connectivity index (χ4v) is 13.1. The van der Waals surface area contributed by atoms with Gasteiger partial charge in [-0.3, -0.25) is 100 Å². The summed E-state index contributed by atoms with van der Waals surface area (Å²) in [5.74, 6) is -17.7. The second kappa shape index (κ2) is 60.9. The number of carboxylic acids is 2. The Morgan fingerprint density at radius 1 is 0.399 bits per heavy atom. The molecule has 2 aromatic rings. The van der Waals surface area contributed by atoms with E-state index in [9.17, 15) is 90.5 Å². The summed E-state index contributed by atoms with van der Waals surface area (Å²) in [5.41, 5.74) is 50.6. The number of halogens is 3. The number of carboxylic acid groups (broad SMARTS) is 2. The molecule has 1 heterocycles. The topological polar surface area (TPSA) is 957 Å². The number of aromatic hydroxyl groups is 1. The van der Waals surface area contributed by atoms with Gasteiger partial charge in [-0.15, -0.1) is 0 Å². The number of primary amides is 2. The summed E-state index contributed by atoms with van der Waals surface area (Å²) in [6.07, 6.45) is -7.99. The number of amides is 11. The molecule has 8 atom stereocenters. The van der Waals surface area contributed by atoms with E-state index in [0.717, 1.165) is 0 Å². The van der Waals surface area contributed by atoms with Crippen LogP contribution in [-0.4, -0.2) is 265 Å². The summed E-state index contributed by atoms with van der Waals surface area (Å²) in [6, 6.07) is 0.976. The average Bonchev–Trinajstić information content (AvgIpc) is 0.746. The van der Waals surface area contributed by atoms with Crippen molar-refractivity contribution in [2.45, 2.75) is 183 Å². The Balaban J connectivity index is 0.00000672. The highest BCUT2D eigenvalue weighted by Gasteiger charge is 2.39. The Morgan fingerprint density at radius 3 is 1.12 bits per heavy atom. The zero-order valence-electron chi connectivity index (χ0n) is 75.0. The van der Waals surface area contributed by atoms with Gasteiger partial charge in [0, 0.05) is 106 Å². The molecule has 138 heavy (non-hydrogen) atoms. The third kappa shape index (κ3) is 47.0. The number of hydrogen-bond acceptors (Lipinski definition) is 26. The molecule has 46 N–H and O–H groups in total. The van der Waals surface area contributed by atoms with E-state index in [4.69, 9.17) is 121 Å². The minimum absolute atomic E-state index is 0.000864. The Bertz CT molecular complexity index is 4990. The first-order chi connectivity index (χ1) is 65.0. The average molecular weight is 1970 g/mol. The molecule has 2 aliphatic rings. The summed E-state index contributed by atoms with van der Waals surface area (Å²) in [4.78, 5) is 199. The number of thiocarbonyl (C=S) groups is 1. The number of anilines is 1. The lowest BCUT2D eigenvalue weighted by atomic mass is 9.90. The van der Waals surface area contributed by atoms with E-state index < -0.39 is 186 Å². The highest BCUT2D eigenvalue weighted by molar-refractivity contribution is 7.80. The number of alkyl halides is 3. The Hall–Kier alpha value is -16.1. The van der Waals surface area contributed by atoms with Crippen LogP contribution in [-0.2, 0) is 67.1 Å². The molecule has 58 heteroatoms. The molecule has 0 bridgehead atoms. The lowest BCUT2D eigenvalue weighted by molar-refractivity contribution is -0.192. The van der Waals surface area contributed by atoms with Crippen LogP contribution >= 0.6 is 12.2 Å². The van der Waals surface area contributed by atoms with Crippen molar-refractivity contribution < 1.29 is 105 Å². The van der Waals surface area contributed by atoms with Crippen molar-refractivity contribution in [3.8, 4) is 28.2 Å². The van der Waals surface area contributed by atoms with Crippen molar-refractivity contribution in [3.05, 3.63) is 70.4 Å². The summed E-state index contributed by atoms with van der Waals surface area (Å²) < 4.78 is 42.9. The number of nitrogens with one attached hydrogen (secondary N) is 25. The summed E-state index contributed by atoms with van der Waals surface area (Å²) in [6.45, 7) is -0.464. The van der Waals surface area contributed by atoms with Crippen molar-refractivity contribution >= 4 is 159 Å². The summed E-state index contributed by atoms with van der Waals surface area (Å²) in [5, 5.41) is 129. The Kier molecular flexibility index (Phi) is 51.2. The monoisotopic (exact) mass is 1970 g/mol. The Labute approximate surface area is 792 Å². The molecule has 0 fully saturated rings. The molecule has 0 saturated heterocycles. The maximum absolute atomic E-state index is 14.9. The van der Waals surface area contributed by atoms with E-state index in [1.54, 1.807) is 12.1 Å². The first-order valence-electron chi connectivity index (χ1n) is 42.9. The number of carbonyl (C=O) groups is 14. The van der Waals surface area contributed by atoms with Gasteiger partial charge >= 0.3 is 24.1 Å². The van der Waals surface area contributed by atoms with E-state index in [0.29, 0.717) is 16.5 Å². The van der Waals surface area contributed by atoms with Crippen molar-refractivity contribution in [1.29, 1.82) is 37.9 Å². The van der Waals surface area contributed by atoms with Gasteiger partial charge in [0.15, 0.2) is 52.3 Å². The Morgan fingerprint density at radius 2 is 0.754 bits per heavy atom. The number of benzene rings is 3. The normalized spacial score (nSPS) is 12.5. The van der Waals surface area contributed by atoms with Crippen LogP contribution in [0.3, 0.4) is 0 Å². The number of esters is 1. The van der Waals surface area contributed by atoms with Gasteiger partial charge in [-0.2, -0.15) is 13.2 Å². The maximum Gasteiger partial charge on any atom is 0.490 e. The standard InChI is InChI=1S/C78H122N34O18S.C2HF3O2/c79-57(115)24-23-54(106-59(117)25-26-60(118)129-36-35-103-78(131)104-40-17-20-43(46(37-40)70(127)128)61-44-21-18-41(113)38-55(44)130-56-39-42(114)19-22-45(56)61)63(120)95-27-8-16-58(116)105-48(10-2-29-97-72(83)84)64(121)108-50(12-4-31-99-74(87)88)66(123)110-52(14-6-33-101-76(91)92)68(125)112-53(15-7-34-102-77(93)94)69(126)111-51(13-5-32-100-75(89)90)67(124)109-49(11-3-30-98-73(85)86)65(122)107-47(62(80)119)9-1-28-96-71(81)82;3-2(4,5)1(6)7/h17-22,37-39,47-54,113H,1-16,23-36H2,(H2,79,115)(H2,80,119)(H,95,120)(H,105,116)(H,106,117)(H,107,122)(H,108,121)(H,109,124)(H,110,123)(H,111,126)(H,112,125)(H,127,128)(H4,81,82,96)(H4,83,84,97)(H4,85,86,98)(H4,87,88,99)(H4,89,90,100)(H4,91,92,101)(H4,93,94,102)(H2,103,104,131);(H,6,7)/t47-,48-,49-,50-,51-,52-,53-,54-;/m1./s1. The molecule has 11 amide bonds. The number of phenolic OH excluding ortho intramolecular Hbond substituents is 1. The number of aliphatic carboxylic acids is 1. The zero-order valence-corrected chi connectivity index (χ0v) is 75.9. The van der Waals surface area contributed by atoms with Gasteiger partial charge in [0.1, 0.15) is 72.0 Å². The van der Waals surface area contributed by atoms with Gasteiger partial charge in [-0.05, 0) is 157 Å². The highest BCUT2D eigenvalue weighted by atomic mass is 32.1. The van der Waals surface area contributed by atoms with Gasteiger partial charge < -0.3 is 172 Å². The second-order valence-corrected chi connectivity index (χ2v) is 31.0. The predicted molar refractivity (Wildman–Crippen MR) is 501 cm³/mol. The second-order valence-electron chi connectivity index (χ2n) is 30.6. The van der Waals surface area contributed by atoms with E-state index in [1.165, 1.54) is 42.5 Å². The van der Waals surface area contributed by atoms with Crippen LogP contribution in [0.5, 0.6) is 5.75 Å². The number of nitrogens with two attached hydrogens (primary N) is 9. The molecule has 2 aromatic carbocycles. The number of fused-ring (bicyclic) bond motifs is 2. The van der Waals surface area contributed by atoms with E-state index >= 15 is 0 Å². The molecule has 54 nitrogen and oxygen atoms in total. The van der Waals surface area contributed by atoms with E-state index in [2.05, 4.69) is 95.7 Å². The number of phenols is 1. The maximum atomic E-state index is 14.9. The quantitative estimate of drug-likeness (QED) is 0.00488. The molecule has 0 aromatic heterocycles. The fourth-order valence-electron chi connectivity index (χ4n) is 12.9. The number of guanidine groups is 7. The fraction of sp³-hybridized carbons (Fsp3) is 0.487. The first-order valence-corrected chi connectivity index (χ1v) is 43.4. The van der Waals surface area contributed by atoms with E-state index in [-0.39, 0.29) is 231 Å². The van der Waals surface area contributed by atoms with Crippen LogP contribution < -0.4 is 153 Å². The molecule has 0 radical (unpaired) electrons. The van der Waals surface area contributed by atoms with Gasteiger partial charge in [0.05, 0.1) is 18.5 Å². The third-order valence-corrected chi connectivity index (χ3v) is 19.7. The summed E-state index contributed by atoms with van der Waals surface area (Å²) >= 11 is 5.41. The largest absolute Gasteiger partial charge is 0.508 e. The van der Waals surface area contributed by atoms with Crippen molar-refractivity contribution in [2.24, 2.45) is 51.6 Å². The van der Waals surface area contributed by atoms with E-state index in [1.807, 2.05) is 0 Å². The SMILES string of the molecule is N=C(N)NCCC[C@@H](NC(=O)[C@@H](CCCNC(=N)N)NC(=O)[C@@H](CCCNC(=N)N)NC(=O)[C@@H](CCCNC(=N)N)NC(=O)[C@@H](CCCNC(=N)N)NC(=O)[C@@H](CCCNC(=N)N)NC(=O)[C@@H](CCCNC(=N)N)NC(=O)CCCNC(=O)[C@@H](CCC(N)=O)NC(=O)CCC(=O)OCCNC(=S)Nc1ccc(-c2c3ccc(=O)cc-3oc3cc(O)ccc23)c(C(=O)O)c1)C(N)=O.O=C(O)C(F)(F)F. The number of rotatable bonds is 60. The molecule has 0 spiro atoms. The van der Waals surface area contributed by atoms with Crippen LogP contribution in [0.1, 0.15) is 139 Å². The molecule has 0 saturated carbocycles. The lowest BCUT2D eigenvalue weighted by Crippen LogP contribution is -2.60. The molecule has 1 aliphatic carbocycles. The number of carbonyl (C=O) groups excluding carboxylic acids is 12. The molecular formula is C80H123F3N34O20S. The van der Waals surface area contributed by atoms with Crippen molar-refractivity contribution in [3.63, 3.8) is 0 Å². The number of ether oxygens (including phenoxy) is 1. The molecule has 760 valence electrons. The smallest absolute Gasteiger partial charge is 0.490 e. The van der Waals surface area contributed by atoms with Crippen LogP contribution in [0.15, 0.2) is 63.8 Å². The summed E-state index contributed by atoms with van der Waals surface area (Å²) in [7, 11) is 0. The van der Waals surface area contributed by atoms with Gasteiger partial charge in [0.2, 0.25) is 65.0 Å². The van der Waals surface area contributed by atoms with Crippen LogP contribution in [0.2, 0.25) is 0 Å². The molecular weight excluding hydrogens is 1850 g/mol. The van der Waals surface area contributed by atoms with Crippen LogP contribution in [0.25, 0.3) is 33.4 Å². The number of hydrogen-bond donors (Lipinski definition) is 37. The third-order valence-electron chi connectivity index (χ3n) is 19.5. The number of aromatic carboxylic acids is 1. The van der Waals surface area contributed by atoms with Gasteiger partial charge in [-0.25, -0.2) is 9.59 Å². The van der Waals surface area contributed by atoms with Crippen LogP contribution in [0, 0.1) is 37.9 Å². The molecule has 4 rings (SSSR count). The molecule has 0 unspecified atom stereocenters. The first kappa shape index (κ1) is 116. The zero-order chi connectivity index (χ0) is 103. The van der Waals surface area contributed by atoms with Crippen LogP contribution in [0.4, 0.5) is 18.9 Å². The highest BCUT2D eigenvalue weighted by Crippen LogP contribution is 2.42. The molecule has 1 aliphatic heterocycles. The van der Waals surface area contributed by atoms with Gasteiger partial charge in [0.25, 0.3) is 0 Å². The lowest BCUT2D eigenvalue weighted by Gasteiger charge is -2.28. The van der Waals surface area contributed by atoms with Crippen molar-refractivity contribution in [1.82, 2.24) is 90.4 Å². The minimum Gasteiger partial charge on any atom is -0.508 e.